The van der Waals surface area contributed by atoms with E-state index in [-0.39, 0.29) is 18.4 Å². The zero-order valence-electron chi connectivity index (χ0n) is 9.61. The van der Waals surface area contributed by atoms with Crippen LogP contribution in [0.25, 0.3) is 0 Å². The van der Waals surface area contributed by atoms with Crippen LogP contribution in [0.1, 0.15) is 16.8 Å². The molecule has 0 bridgehead atoms. The molecule has 0 aliphatic heterocycles. The summed E-state index contributed by atoms with van der Waals surface area (Å²) in [5, 5.41) is 5.20. The average molecular weight is 235 g/mol. The van der Waals surface area contributed by atoms with Crippen molar-refractivity contribution in [2.75, 3.05) is 19.6 Å². The van der Waals surface area contributed by atoms with Crippen LogP contribution >= 0.6 is 0 Å². The molecular formula is C12H17N3O2. The number of rotatable bonds is 6. The van der Waals surface area contributed by atoms with Gasteiger partial charge in [0, 0.05) is 12.1 Å². The Morgan fingerprint density at radius 3 is 2.47 bits per heavy atom. The molecule has 0 fully saturated rings. The number of nitrogens with two attached hydrogens (primary N) is 1. The van der Waals surface area contributed by atoms with Crippen molar-refractivity contribution in [1.82, 2.24) is 10.6 Å². The topological polar surface area (TPSA) is 84.2 Å². The molecule has 1 aromatic carbocycles. The van der Waals surface area contributed by atoms with Crippen LogP contribution < -0.4 is 16.4 Å². The normalized spacial score (nSPS) is 9.71. The van der Waals surface area contributed by atoms with Crippen LogP contribution in [0.3, 0.4) is 0 Å². The summed E-state index contributed by atoms with van der Waals surface area (Å²) in [6.07, 6.45) is 0.734. The lowest BCUT2D eigenvalue weighted by Crippen LogP contribution is -2.37. The van der Waals surface area contributed by atoms with Gasteiger partial charge in [0.25, 0.3) is 5.91 Å². The first kappa shape index (κ1) is 13.2. The zero-order valence-corrected chi connectivity index (χ0v) is 9.61. The van der Waals surface area contributed by atoms with Crippen molar-refractivity contribution in [3.05, 3.63) is 35.9 Å². The Hall–Kier alpha value is -1.88. The van der Waals surface area contributed by atoms with E-state index >= 15 is 0 Å². The molecular weight excluding hydrogens is 218 g/mol. The largest absolute Gasteiger partial charge is 0.355 e. The highest BCUT2D eigenvalue weighted by Gasteiger charge is 2.06. The lowest BCUT2D eigenvalue weighted by molar-refractivity contribution is -0.120. The molecule has 4 N–H and O–H groups in total. The minimum Gasteiger partial charge on any atom is -0.355 e. The summed E-state index contributed by atoms with van der Waals surface area (Å²) in [5.41, 5.74) is 5.84. The molecule has 0 spiro atoms. The van der Waals surface area contributed by atoms with Gasteiger partial charge in [-0.3, -0.25) is 9.59 Å². The first-order valence-electron chi connectivity index (χ1n) is 5.54. The van der Waals surface area contributed by atoms with Crippen LogP contribution in [0.4, 0.5) is 0 Å². The van der Waals surface area contributed by atoms with Gasteiger partial charge in [-0.2, -0.15) is 0 Å². The molecule has 5 heteroatoms. The number of nitrogens with one attached hydrogen (secondary N) is 2. The predicted octanol–water partition coefficient (Wildman–Crippen LogP) is -0.119. The maximum atomic E-state index is 11.6. The number of hydrogen-bond donors (Lipinski definition) is 3. The molecule has 2 amide bonds. The Morgan fingerprint density at radius 2 is 1.82 bits per heavy atom. The Labute approximate surface area is 100 Å². The van der Waals surface area contributed by atoms with Crippen LogP contribution in [0.2, 0.25) is 0 Å². The molecule has 5 nitrogen and oxygen atoms in total. The SMILES string of the molecule is NCCCNC(=O)CNC(=O)c1ccccc1. The highest BCUT2D eigenvalue weighted by molar-refractivity contribution is 5.96. The van der Waals surface area contributed by atoms with E-state index in [1.54, 1.807) is 24.3 Å². The fourth-order valence-corrected chi connectivity index (χ4v) is 1.24. The van der Waals surface area contributed by atoms with Crippen molar-refractivity contribution in [2.24, 2.45) is 5.73 Å². The summed E-state index contributed by atoms with van der Waals surface area (Å²) in [6.45, 7) is 1.06. The monoisotopic (exact) mass is 235 g/mol. The van der Waals surface area contributed by atoms with Gasteiger partial charge in [-0.1, -0.05) is 18.2 Å². The molecule has 0 unspecified atom stereocenters. The van der Waals surface area contributed by atoms with Gasteiger partial charge < -0.3 is 16.4 Å². The summed E-state index contributed by atoms with van der Waals surface area (Å²) in [7, 11) is 0. The second-order valence-corrected chi connectivity index (χ2v) is 3.54. The van der Waals surface area contributed by atoms with Crippen LogP contribution in [0.5, 0.6) is 0 Å². The van der Waals surface area contributed by atoms with Crippen molar-refractivity contribution in [2.45, 2.75) is 6.42 Å². The molecule has 1 aromatic rings. The summed E-state index contributed by atoms with van der Waals surface area (Å²) in [6, 6.07) is 8.77. The number of amides is 2. The highest BCUT2D eigenvalue weighted by Crippen LogP contribution is 1.96. The van der Waals surface area contributed by atoms with Crippen LogP contribution in [-0.2, 0) is 4.79 Å². The fourth-order valence-electron chi connectivity index (χ4n) is 1.24. The Morgan fingerprint density at radius 1 is 1.12 bits per heavy atom. The molecule has 92 valence electrons. The van der Waals surface area contributed by atoms with E-state index in [0.29, 0.717) is 18.7 Å². The smallest absolute Gasteiger partial charge is 0.251 e. The van der Waals surface area contributed by atoms with Gasteiger partial charge in [-0.05, 0) is 25.1 Å². The first-order chi connectivity index (χ1) is 8.24. The van der Waals surface area contributed by atoms with Gasteiger partial charge in [-0.25, -0.2) is 0 Å². The van der Waals surface area contributed by atoms with Crippen molar-refractivity contribution in [3.63, 3.8) is 0 Å². The van der Waals surface area contributed by atoms with E-state index in [1.165, 1.54) is 0 Å². The van der Waals surface area contributed by atoms with E-state index in [1.807, 2.05) is 6.07 Å². The number of carbonyl (C=O) groups excluding carboxylic acids is 2. The fraction of sp³-hybridized carbons (Fsp3) is 0.333. The summed E-state index contributed by atoms with van der Waals surface area (Å²) in [5.74, 6) is -0.456. The molecule has 0 saturated carbocycles. The summed E-state index contributed by atoms with van der Waals surface area (Å²) >= 11 is 0. The van der Waals surface area contributed by atoms with Gasteiger partial charge in [0.2, 0.25) is 5.91 Å². The minimum atomic E-state index is -0.250. The number of benzene rings is 1. The van der Waals surface area contributed by atoms with Gasteiger partial charge in [0.15, 0.2) is 0 Å². The maximum Gasteiger partial charge on any atom is 0.251 e. The Balaban J connectivity index is 2.26. The number of carbonyl (C=O) groups is 2. The lowest BCUT2D eigenvalue weighted by atomic mass is 10.2. The Bertz CT molecular complexity index is 365. The number of hydrogen-bond acceptors (Lipinski definition) is 3. The first-order valence-corrected chi connectivity index (χ1v) is 5.54. The van der Waals surface area contributed by atoms with E-state index in [9.17, 15) is 9.59 Å². The quantitative estimate of drug-likeness (QED) is 0.601. The standard InChI is InChI=1S/C12H17N3O2/c13-7-4-8-14-11(16)9-15-12(17)10-5-2-1-3-6-10/h1-3,5-6H,4,7-9,13H2,(H,14,16)(H,15,17). The molecule has 17 heavy (non-hydrogen) atoms. The van der Waals surface area contributed by atoms with Gasteiger partial charge in [0.05, 0.1) is 6.54 Å². The molecule has 1 rings (SSSR count). The highest BCUT2D eigenvalue weighted by atomic mass is 16.2. The van der Waals surface area contributed by atoms with Gasteiger partial charge in [-0.15, -0.1) is 0 Å². The van der Waals surface area contributed by atoms with Gasteiger partial charge in [0.1, 0.15) is 0 Å². The molecule has 0 saturated heterocycles. The van der Waals surface area contributed by atoms with E-state index in [0.717, 1.165) is 6.42 Å². The lowest BCUT2D eigenvalue weighted by Gasteiger charge is -2.06. The second kappa shape index (κ2) is 7.40. The molecule has 0 aliphatic rings. The molecule has 0 aliphatic carbocycles. The van der Waals surface area contributed by atoms with Gasteiger partial charge >= 0.3 is 0 Å². The van der Waals surface area contributed by atoms with Crippen molar-refractivity contribution < 1.29 is 9.59 Å². The van der Waals surface area contributed by atoms with E-state index in [4.69, 9.17) is 5.73 Å². The third-order valence-electron chi connectivity index (χ3n) is 2.15. The maximum absolute atomic E-state index is 11.6. The van der Waals surface area contributed by atoms with Crippen molar-refractivity contribution >= 4 is 11.8 Å². The van der Waals surface area contributed by atoms with Crippen molar-refractivity contribution in [1.29, 1.82) is 0 Å². The molecule has 0 atom stereocenters. The second-order valence-electron chi connectivity index (χ2n) is 3.54. The van der Waals surface area contributed by atoms with Crippen LogP contribution in [-0.4, -0.2) is 31.4 Å². The predicted molar refractivity (Wildman–Crippen MR) is 65.5 cm³/mol. The van der Waals surface area contributed by atoms with Crippen LogP contribution in [0.15, 0.2) is 30.3 Å². The third kappa shape index (κ3) is 5.12. The zero-order chi connectivity index (χ0) is 12.5. The molecule has 0 radical (unpaired) electrons. The summed E-state index contributed by atoms with van der Waals surface area (Å²) < 4.78 is 0. The van der Waals surface area contributed by atoms with E-state index < -0.39 is 0 Å². The van der Waals surface area contributed by atoms with E-state index in [2.05, 4.69) is 10.6 Å². The molecule has 0 aromatic heterocycles. The van der Waals surface area contributed by atoms with Crippen molar-refractivity contribution in [3.8, 4) is 0 Å². The van der Waals surface area contributed by atoms with Crippen LogP contribution in [0, 0.1) is 0 Å². The summed E-state index contributed by atoms with van der Waals surface area (Å²) in [4.78, 5) is 22.9. The third-order valence-corrected chi connectivity index (χ3v) is 2.15. The minimum absolute atomic E-state index is 0.0156. The molecule has 0 heterocycles. The average Bonchev–Trinajstić information content (AvgIpc) is 2.37. The Kier molecular flexibility index (Phi) is 5.74.